The zero-order valence-corrected chi connectivity index (χ0v) is 17.3. The maximum absolute atomic E-state index is 11.8. The Hall–Kier alpha value is -2.74. The fourth-order valence-electron chi connectivity index (χ4n) is 2.00. The van der Waals surface area contributed by atoms with Crippen LogP contribution in [0.2, 0.25) is 5.02 Å². The van der Waals surface area contributed by atoms with Crippen molar-refractivity contribution >= 4 is 35.6 Å². The van der Waals surface area contributed by atoms with Crippen molar-refractivity contribution in [2.45, 2.75) is 33.2 Å². The predicted octanol–water partition coefficient (Wildman–Crippen LogP) is 2.93. The summed E-state index contributed by atoms with van der Waals surface area (Å²) in [5.41, 5.74) is 0.0837. The molecule has 0 heterocycles. The van der Waals surface area contributed by atoms with E-state index in [1.165, 1.54) is 13.2 Å². The number of carbonyl (C=O) groups is 3. The summed E-state index contributed by atoms with van der Waals surface area (Å²) in [7, 11) is 1.48. The van der Waals surface area contributed by atoms with Crippen molar-refractivity contribution in [3.8, 4) is 11.5 Å². The Bertz CT molecular complexity index is 756. The van der Waals surface area contributed by atoms with E-state index in [1.54, 1.807) is 32.9 Å². The molecule has 0 saturated carbocycles. The fourth-order valence-corrected chi connectivity index (χ4v) is 2.28. The molecule has 0 aliphatic carbocycles. The number of halogens is 1. The lowest BCUT2D eigenvalue weighted by molar-refractivity contribution is -0.143. The monoisotopic (exact) mass is 412 g/mol. The van der Waals surface area contributed by atoms with Crippen molar-refractivity contribution < 1.29 is 28.6 Å². The minimum Gasteiger partial charge on any atom is -0.493 e. The highest BCUT2D eigenvalue weighted by Gasteiger charge is 2.16. The number of urea groups is 1. The molecule has 1 rings (SSSR count). The largest absolute Gasteiger partial charge is 0.493 e. The Kier molecular flexibility index (Phi) is 8.78. The molecule has 3 amide bonds. The normalized spacial score (nSPS) is 11.1. The van der Waals surface area contributed by atoms with E-state index in [0.29, 0.717) is 28.7 Å². The van der Waals surface area contributed by atoms with Crippen molar-refractivity contribution in [3.63, 3.8) is 0 Å². The zero-order chi connectivity index (χ0) is 21.3. The van der Waals surface area contributed by atoms with E-state index in [1.807, 2.05) is 6.92 Å². The number of imide groups is 1. The van der Waals surface area contributed by atoms with E-state index in [2.05, 4.69) is 10.6 Å². The maximum atomic E-state index is 11.8. The molecule has 0 atom stereocenters. The van der Waals surface area contributed by atoms with Crippen LogP contribution in [0.1, 0.15) is 33.3 Å². The Balaban J connectivity index is 2.61. The molecule has 0 saturated heterocycles. The quantitative estimate of drug-likeness (QED) is 0.527. The van der Waals surface area contributed by atoms with Crippen LogP contribution in [0.25, 0.3) is 6.08 Å². The van der Waals surface area contributed by atoms with Gasteiger partial charge in [0.25, 0.3) is 5.91 Å². The second-order valence-electron chi connectivity index (χ2n) is 6.66. The zero-order valence-electron chi connectivity index (χ0n) is 16.6. The van der Waals surface area contributed by atoms with E-state index in [-0.39, 0.29) is 0 Å². The van der Waals surface area contributed by atoms with Gasteiger partial charge in [-0.15, -0.1) is 0 Å². The molecule has 1 aromatic rings. The van der Waals surface area contributed by atoms with Crippen LogP contribution in [-0.2, 0) is 14.3 Å². The molecule has 154 valence electrons. The summed E-state index contributed by atoms with van der Waals surface area (Å²) >= 11 is 6.16. The molecule has 0 bridgehead atoms. The molecule has 0 aliphatic rings. The van der Waals surface area contributed by atoms with E-state index >= 15 is 0 Å². The van der Waals surface area contributed by atoms with Gasteiger partial charge in [-0.1, -0.05) is 11.6 Å². The summed E-state index contributed by atoms with van der Waals surface area (Å²) in [4.78, 5) is 34.9. The first-order valence-electron chi connectivity index (χ1n) is 8.53. The predicted molar refractivity (Wildman–Crippen MR) is 106 cm³/mol. The minimum absolute atomic E-state index is 0.332. The number of amides is 3. The summed E-state index contributed by atoms with van der Waals surface area (Å²) in [5.74, 6) is -0.659. The van der Waals surface area contributed by atoms with Crippen LogP contribution in [0.4, 0.5) is 4.79 Å². The van der Waals surface area contributed by atoms with Gasteiger partial charge in [-0.2, -0.15) is 0 Å². The van der Waals surface area contributed by atoms with Gasteiger partial charge in [-0.05, 0) is 51.5 Å². The van der Waals surface area contributed by atoms with Gasteiger partial charge in [0.1, 0.15) is 0 Å². The van der Waals surface area contributed by atoms with Gasteiger partial charge in [0.2, 0.25) is 0 Å². The van der Waals surface area contributed by atoms with Crippen molar-refractivity contribution in [2.24, 2.45) is 0 Å². The summed E-state index contributed by atoms with van der Waals surface area (Å²) in [6.07, 6.45) is 2.59. The maximum Gasteiger partial charge on any atom is 0.331 e. The first-order valence-corrected chi connectivity index (χ1v) is 8.90. The van der Waals surface area contributed by atoms with Gasteiger partial charge in [-0.25, -0.2) is 9.59 Å². The number of hydrogen-bond acceptors (Lipinski definition) is 6. The van der Waals surface area contributed by atoms with E-state index in [9.17, 15) is 14.4 Å². The second kappa shape index (κ2) is 10.6. The molecule has 0 spiro atoms. The van der Waals surface area contributed by atoms with E-state index < -0.39 is 30.1 Å². The molecule has 2 N–H and O–H groups in total. The molecule has 0 radical (unpaired) electrons. The smallest absolute Gasteiger partial charge is 0.331 e. The SMILES string of the molecule is CCOc1c(Cl)cc(/C=C/C(=O)OCC(=O)NC(=O)NC(C)(C)C)cc1OC. The van der Waals surface area contributed by atoms with Crippen molar-refractivity contribution in [1.82, 2.24) is 10.6 Å². The summed E-state index contributed by atoms with van der Waals surface area (Å²) in [6.45, 7) is 6.96. The molecular weight excluding hydrogens is 388 g/mol. The molecule has 0 aromatic heterocycles. The van der Waals surface area contributed by atoms with Crippen molar-refractivity contribution in [2.75, 3.05) is 20.3 Å². The van der Waals surface area contributed by atoms with Crippen LogP contribution < -0.4 is 20.1 Å². The van der Waals surface area contributed by atoms with Gasteiger partial charge >= 0.3 is 12.0 Å². The molecule has 0 fully saturated rings. The highest BCUT2D eigenvalue weighted by atomic mass is 35.5. The Labute approximate surface area is 169 Å². The fraction of sp³-hybridized carbons (Fsp3) is 0.421. The summed E-state index contributed by atoms with van der Waals surface area (Å²) < 4.78 is 15.4. The lowest BCUT2D eigenvalue weighted by atomic mass is 10.1. The lowest BCUT2D eigenvalue weighted by Gasteiger charge is -2.20. The van der Waals surface area contributed by atoms with Crippen molar-refractivity contribution in [3.05, 3.63) is 28.8 Å². The number of ether oxygens (including phenoxy) is 3. The third-order valence-corrected chi connectivity index (χ3v) is 3.32. The van der Waals surface area contributed by atoms with Gasteiger partial charge in [0, 0.05) is 11.6 Å². The van der Waals surface area contributed by atoms with E-state index in [4.69, 9.17) is 25.8 Å². The van der Waals surface area contributed by atoms with Crippen LogP contribution in [0, 0.1) is 0 Å². The number of carbonyl (C=O) groups excluding carboxylic acids is 3. The van der Waals surface area contributed by atoms with Crippen LogP contribution in [-0.4, -0.2) is 43.8 Å². The number of esters is 1. The topological polar surface area (TPSA) is 103 Å². The summed E-state index contributed by atoms with van der Waals surface area (Å²) in [6, 6.07) is 2.58. The number of methoxy groups -OCH3 is 1. The third kappa shape index (κ3) is 8.30. The van der Waals surface area contributed by atoms with Crippen LogP contribution in [0.15, 0.2) is 18.2 Å². The van der Waals surface area contributed by atoms with Gasteiger partial charge in [0.05, 0.1) is 18.7 Å². The Morgan fingerprint density at radius 3 is 2.46 bits per heavy atom. The number of rotatable bonds is 7. The van der Waals surface area contributed by atoms with Gasteiger partial charge in [0.15, 0.2) is 18.1 Å². The first kappa shape index (κ1) is 23.3. The average Bonchev–Trinajstić information content (AvgIpc) is 2.58. The molecular formula is C19H25ClN2O6. The van der Waals surface area contributed by atoms with Gasteiger partial charge in [-0.3, -0.25) is 10.1 Å². The standard InChI is InChI=1S/C19H25ClN2O6/c1-6-27-17-13(20)9-12(10-14(17)26-5)7-8-16(24)28-11-15(23)21-18(25)22-19(2,3)4/h7-10H,6,11H2,1-5H3,(H2,21,22,23,25)/b8-7+. The molecule has 8 nitrogen and oxygen atoms in total. The first-order chi connectivity index (χ1) is 13.1. The Morgan fingerprint density at radius 1 is 1.21 bits per heavy atom. The minimum atomic E-state index is -0.754. The average molecular weight is 413 g/mol. The van der Waals surface area contributed by atoms with Crippen molar-refractivity contribution in [1.29, 1.82) is 0 Å². The van der Waals surface area contributed by atoms with Gasteiger partial charge < -0.3 is 19.5 Å². The van der Waals surface area contributed by atoms with Crippen LogP contribution >= 0.6 is 11.6 Å². The number of hydrogen-bond donors (Lipinski definition) is 2. The molecule has 28 heavy (non-hydrogen) atoms. The molecule has 1 aromatic carbocycles. The highest BCUT2D eigenvalue weighted by Crippen LogP contribution is 2.36. The van der Waals surface area contributed by atoms with Crippen LogP contribution in [0.3, 0.4) is 0 Å². The summed E-state index contributed by atoms with van der Waals surface area (Å²) in [5, 5.41) is 4.95. The second-order valence-corrected chi connectivity index (χ2v) is 7.07. The Morgan fingerprint density at radius 2 is 1.89 bits per heavy atom. The number of nitrogens with one attached hydrogen (secondary N) is 2. The third-order valence-electron chi connectivity index (χ3n) is 3.04. The van der Waals surface area contributed by atoms with E-state index in [0.717, 1.165) is 6.08 Å². The molecule has 0 unspecified atom stereocenters. The lowest BCUT2D eigenvalue weighted by Crippen LogP contribution is -2.49. The molecule has 0 aliphatic heterocycles. The highest BCUT2D eigenvalue weighted by molar-refractivity contribution is 6.32. The number of benzene rings is 1. The molecule has 9 heteroatoms. The van der Waals surface area contributed by atoms with Crippen LogP contribution in [0.5, 0.6) is 11.5 Å².